The number of carbonyl (C=O) groups excluding carboxylic acids is 2. The highest BCUT2D eigenvalue weighted by Gasteiger charge is 2.22. The van der Waals surface area contributed by atoms with Gasteiger partial charge in [0.2, 0.25) is 0 Å². The minimum atomic E-state index is -0.291. The predicted octanol–water partition coefficient (Wildman–Crippen LogP) is 0.771. The minimum absolute atomic E-state index is 0.291. The minimum Gasteiger partial charge on any atom is -0.330 e. The van der Waals surface area contributed by atoms with Crippen molar-refractivity contribution in [1.82, 2.24) is 0 Å². The van der Waals surface area contributed by atoms with E-state index in [-0.39, 0.29) is 5.54 Å². The molecule has 0 aliphatic heterocycles. The van der Waals surface area contributed by atoms with E-state index in [1.54, 1.807) is 0 Å². The average molecular weight is 214 g/mol. The highest BCUT2D eigenvalue weighted by Crippen LogP contribution is 2.21. The maximum atomic E-state index is 10.2. The Morgan fingerprint density at radius 1 is 0.933 bits per heavy atom. The molecule has 0 aliphatic carbocycles. The van der Waals surface area contributed by atoms with Crippen LogP contribution in [0.25, 0.3) is 0 Å². The first-order valence-corrected chi connectivity index (χ1v) is 5.55. The van der Waals surface area contributed by atoms with Gasteiger partial charge in [-0.05, 0) is 38.6 Å². The molecule has 0 atom stereocenters. The normalized spacial score (nSPS) is 11.3. The van der Waals surface area contributed by atoms with Crippen LogP contribution in [-0.2, 0) is 9.59 Å². The molecule has 0 saturated heterocycles. The fraction of sp³-hybridized carbons (Fsp3) is 0.818. The Kier molecular flexibility index (Phi) is 8.14. The van der Waals surface area contributed by atoms with E-state index >= 15 is 0 Å². The summed E-state index contributed by atoms with van der Waals surface area (Å²) in [7, 11) is 0. The second-order valence-electron chi connectivity index (χ2n) is 4.02. The van der Waals surface area contributed by atoms with Crippen molar-refractivity contribution in [2.45, 2.75) is 50.5 Å². The third-order valence-electron chi connectivity index (χ3n) is 2.64. The van der Waals surface area contributed by atoms with Gasteiger partial charge in [-0.1, -0.05) is 0 Å². The van der Waals surface area contributed by atoms with E-state index in [2.05, 4.69) is 0 Å². The summed E-state index contributed by atoms with van der Waals surface area (Å²) < 4.78 is 0. The van der Waals surface area contributed by atoms with Crippen LogP contribution in [0.2, 0.25) is 0 Å². The summed E-state index contributed by atoms with van der Waals surface area (Å²) in [5.74, 6) is 0. The predicted molar refractivity (Wildman–Crippen MR) is 60.4 cm³/mol. The van der Waals surface area contributed by atoms with E-state index in [4.69, 9.17) is 11.5 Å². The Labute approximate surface area is 91.4 Å². The molecular weight excluding hydrogens is 192 g/mol. The topological polar surface area (TPSA) is 86.2 Å². The van der Waals surface area contributed by atoms with Crippen LogP contribution in [0, 0.1) is 0 Å². The monoisotopic (exact) mass is 214 g/mol. The number of rotatable bonds is 10. The van der Waals surface area contributed by atoms with E-state index in [9.17, 15) is 9.59 Å². The quantitative estimate of drug-likeness (QED) is 0.415. The number of carbonyl (C=O) groups is 2. The molecule has 0 aromatic carbocycles. The molecule has 0 rings (SSSR count). The Balaban J connectivity index is 3.92. The van der Waals surface area contributed by atoms with Gasteiger partial charge >= 0.3 is 0 Å². The SMILES string of the molecule is NCCC(N)(CCCC=O)CCCC=O. The van der Waals surface area contributed by atoms with Gasteiger partial charge in [0.15, 0.2) is 0 Å². The van der Waals surface area contributed by atoms with Crippen LogP contribution < -0.4 is 11.5 Å². The summed E-state index contributed by atoms with van der Waals surface area (Å²) in [6.07, 6.45) is 6.91. The third-order valence-corrected chi connectivity index (χ3v) is 2.64. The van der Waals surface area contributed by atoms with Crippen LogP contribution in [0.1, 0.15) is 44.9 Å². The lowest BCUT2D eigenvalue weighted by molar-refractivity contribution is -0.108. The molecule has 0 radical (unpaired) electrons. The fourth-order valence-corrected chi connectivity index (χ4v) is 1.74. The standard InChI is InChI=1S/C11H22N2O2/c12-8-7-11(13,5-1-3-9-14)6-2-4-10-15/h9-10H,1-8,12-13H2. The second-order valence-corrected chi connectivity index (χ2v) is 4.02. The Morgan fingerprint density at radius 3 is 1.73 bits per heavy atom. The zero-order valence-electron chi connectivity index (χ0n) is 9.28. The number of hydrogen-bond acceptors (Lipinski definition) is 4. The average Bonchev–Trinajstić information content (AvgIpc) is 2.19. The molecule has 0 aromatic heterocycles. The van der Waals surface area contributed by atoms with Gasteiger partial charge in [-0.25, -0.2) is 0 Å². The van der Waals surface area contributed by atoms with Crippen molar-refractivity contribution in [3.63, 3.8) is 0 Å². The molecule has 0 saturated carbocycles. The molecule has 88 valence electrons. The van der Waals surface area contributed by atoms with Crippen molar-refractivity contribution in [2.75, 3.05) is 6.54 Å². The van der Waals surface area contributed by atoms with Gasteiger partial charge in [-0.15, -0.1) is 0 Å². The third kappa shape index (κ3) is 7.22. The highest BCUT2D eigenvalue weighted by atomic mass is 16.1. The molecule has 0 spiro atoms. The van der Waals surface area contributed by atoms with Crippen molar-refractivity contribution >= 4 is 12.6 Å². The lowest BCUT2D eigenvalue weighted by Gasteiger charge is -2.28. The van der Waals surface area contributed by atoms with Gasteiger partial charge < -0.3 is 21.1 Å². The van der Waals surface area contributed by atoms with Gasteiger partial charge in [-0.2, -0.15) is 0 Å². The summed E-state index contributed by atoms with van der Waals surface area (Å²) in [4.78, 5) is 20.4. The van der Waals surface area contributed by atoms with Gasteiger partial charge in [0.05, 0.1) is 0 Å². The summed E-state index contributed by atoms with van der Waals surface area (Å²) in [6.45, 7) is 0.554. The van der Waals surface area contributed by atoms with Crippen LogP contribution in [0.15, 0.2) is 0 Å². The van der Waals surface area contributed by atoms with Crippen LogP contribution in [0.5, 0.6) is 0 Å². The Hall–Kier alpha value is -0.740. The second kappa shape index (κ2) is 8.56. The first-order valence-electron chi connectivity index (χ1n) is 5.55. The van der Waals surface area contributed by atoms with Gasteiger partial charge in [0.1, 0.15) is 12.6 Å². The smallest absolute Gasteiger partial charge is 0.119 e. The maximum Gasteiger partial charge on any atom is 0.119 e. The van der Waals surface area contributed by atoms with Crippen molar-refractivity contribution in [3.8, 4) is 0 Å². The molecule has 0 aliphatic rings. The summed E-state index contributed by atoms with van der Waals surface area (Å²) in [5, 5.41) is 0. The molecule has 0 bridgehead atoms. The Bertz CT molecular complexity index is 169. The lowest BCUT2D eigenvalue weighted by atomic mass is 9.85. The molecule has 4 heteroatoms. The fourth-order valence-electron chi connectivity index (χ4n) is 1.74. The van der Waals surface area contributed by atoms with Crippen molar-refractivity contribution in [2.24, 2.45) is 11.5 Å². The van der Waals surface area contributed by atoms with Gasteiger partial charge in [0.25, 0.3) is 0 Å². The van der Waals surface area contributed by atoms with Gasteiger partial charge in [-0.3, -0.25) is 0 Å². The van der Waals surface area contributed by atoms with Crippen molar-refractivity contribution < 1.29 is 9.59 Å². The summed E-state index contributed by atoms with van der Waals surface area (Å²) in [5.41, 5.74) is 11.4. The largest absolute Gasteiger partial charge is 0.330 e. The van der Waals surface area contributed by atoms with E-state index in [0.717, 1.165) is 44.7 Å². The maximum absolute atomic E-state index is 10.2. The lowest BCUT2D eigenvalue weighted by Crippen LogP contribution is -2.41. The van der Waals surface area contributed by atoms with Crippen LogP contribution in [0.3, 0.4) is 0 Å². The number of nitrogens with two attached hydrogens (primary N) is 2. The molecule has 0 fully saturated rings. The molecule has 0 amide bonds. The van der Waals surface area contributed by atoms with E-state index < -0.39 is 0 Å². The molecule has 0 heterocycles. The molecule has 4 N–H and O–H groups in total. The van der Waals surface area contributed by atoms with Crippen molar-refractivity contribution in [1.29, 1.82) is 0 Å². The zero-order chi connectivity index (χ0) is 11.6. The van der Waals surface area contributed by atoms with E-state index in [0.29, 0.717) is 19.4 Å². The highest BCUT2D eigenvalue weighted by molar-refractivity contribution is 5.49. The molecule has 15 heavy (non-hydrogen) atoms. The molecule has 4 nitrogen and oxygen atoms in total. The summed E-state index contributed by atoms with van der Waals surface area (Å²) in [6, 6.07) is 0. The van der Waals surface area contributed by atoms with E-state index in [1.807, 2.05) is 0 Å². The van der Waals surface area contributed by atoms with Crippen LogP contribution >= 0.6 is 0 Å². The first-order chi connectivity index (χ1) is 7.18. The molecule has 0 unspecified atom stereocenters. The van der Waals surface area contributed by atoms with Crippen molar-refractivity contribution in [3.05, 3.63) is 0 Å². The zero-order valence-corrected chi connectivity index (χ0v) is 9.28. The van der Waals surface area contributed by atoms with Crippen LogP contribution in [0.4, 0.5) is 0 Å². The first kappa shape index (κ1) is 14.3. The van der Waals surface area contributed by atoms with Gasteiger partial charge in [0, 0.05) is 18.4 Å². The summed E-state index contributed by atoms with van der Waals surface area (Å²) >= 11 is 0. The van der Waals surface area contributed by atoms with Crippen LogP contribution in [-0.4, -0.2) is 24.7 Å². The number of hydrogen-bond donors (Lipinski definition) is 2. The number of unbranched alkanes of at least 4 members (excludes halogenated alkanes) is 2. The molecular formula is C11H22N2O2. The van der Waals surface area contributed by atoms with E-state index in [1.165, 1.54) is 0 Å². The number of aldehydes is 2. The molecule has 0 aromatic rings. The Morgan fingerprint density at radius 2 is 1.40 bits per heavy atom.